The van der Waals surface area contributed by atoms with Crippen molar-refractivity contribution in [1.82, 2.24) is 10.2 Å². The SMILES string of the molecule is C#Cc1ccccc1C(C(=O)Nc1c(C)cccc1Cl)N(CCCCC)C(=O)C(NC(=O)OC(C)(C)C)C(C)CC. The number of alkyl carbamates (subject to hydrolysis) is 1. The molecule has 2 aromatic rings. The predicted octanol–water partition coefficient (Wildman–Crippen LogP) is 7.27. The highest BCUT2D eigenvalue weighted by Gasteiger charge is 2.39. The number of benzene rings is 2. The Kier molecular flexibility index (Phi) is 12.7. The summed E-state index contributed by atoms with van der Waals surface area (Å²) in [7, 11) is 0. The maximum absolute atomic E-state index is 14.4. The largest absolute Gasteiger partial charge is 0.444 e. The Morgan fingerprint density at radius 3 is 2.34 bits per heavy atom. The van der Waals surface area contributed by atoms with Crippen molar-refractivity contribution in [1.29, 1.82) is 0 Å². The van der Waals surface area contributed by atoms with Gasteiger partial charge in [-0.2, -0.15) is 0 Å². The number of nitrogens with one attached hydrogen (secondary N) is 2. The fraction of sp³-hybridized carbons (Fsp3) is 0.485. The molecule has 0 fully saturated rings. The molecule has 2 N–H and O–H groups in total. The zero-order valence-corrected chi connectivity index (χ0v) is 26.1. The van der Waals surface area contributed by atoms with E-state index in [1.54, 1.807) is 62.1 Å². The molecule has 0 radical (unpaired) electrons. The fourth-order valence-electron chi connectivity index (χ4n) is 4.49. The van der Waals surface area contributed by atoms with Crippen LogP contribution < -0.4 is 10.6 Å². The van der Waals surface area contributed by atoms with Gasteiger partial charge in [0.1, 0.15) is 17.7 Å². The number of nitrogens with zero attached hydrogens (tertiary/aromatic N) is 1. The predicted molar refractivity (Wildman–Crippen MR) is 166 cm³/mol. The number of ether oxygens (including phenoxy) is 1. The van der Waals surface area contributed by atoms with Crippen LogP contribution in [0.4, 0.5) is 10.5 Å². The van der Waals surface area contributed by atoms with Crippen molar-refractivity contribution < 1.29 is 19.1 Å². The minimum absolute atomic E-state index is 0.235. The van der Waals surface area contributed by atoms with Crippen LogP contribution in [0.5, 0.6) is 0 Å². The molecule has 0 aliphatic rings. The average molecular weight is 582 g/mol. The Morgan fingerprint density at radius 2 is 1.76 bits per heavy atom. The van der Waals surface area contributed by atoms with Crippen molar-refractivity contribution in [3.8, 4) is 12.3 Å². The Bertz CT molecular complexity index is 1230. The molecule has 3 atom stereocenters. The zero-order chi connectivity index (χ0) is 30.7. The molecule has 222 valence electrons. The third-order valence-corrected chi connectivity index (χ3v) is 7.19. The van der Waals surface area contributed by atoms with Crippen LogP contribution in [0.25, 0.3) is 0 Å². The van der Waals surface area contributed by atoms with Gasteiger partial charge in [0.15, 0.2) is 0 Å². The first-order chi connectivity index (χ1) is 19.3. The molecule has 0 saturated heterocycles. The van der Waals surface area contributed by atoms with Gasteiger partial charge < -0.3 is 20.3 Å². The summed E-state index contributed by atoms with van der Waals surface area (Å²) in [6.45, 7) is 13.3. The molecule has 0 aromatic heterocycles. The van der Waals surface area contributed by atoms with Crippen LogP contribution in [0.3, 0.4) is 0 Å². The second kappa shape index (κ2) is 15.5. The number of rotatable bonds is 12. The standard InChI is InChI=1S/C33H44ClN3O4/c1-9-12-15-21-37(31(39)28(22(4)10-2)36-32(40)41-33(6,7)8)29(25-19-14-13-18-24(25)11-3)30(38)35-27-23(5)17-16-20-26(27)34/h3,13-14,16-20,22,28-29H,9-10,12,15,21H2,1-2,4-8H3,(H,35,38)(H,36,40). The van der Waals surface area contributed by atoms with Crippen molar-refractivity contribution in [2.75, 3.05) is 11.9 Å². The molecule has 0 saturated carbocycles. The molecule has 3 amide bonds. The summed E-state index contributed by atoms with van der Waals surface area (Å²) in [6, 6.07) is 10.4. The van der Waals surface area contributed by atoms with Crippen LogP contribution in [0.1, 0.15) is 90.0 Å². The number of hydrogen-bond acceptors (Lipinski definition) is 4. The maximum atomic E-state index is 14.4. The number of carbonyl (C=O) groups is 3. The number of amides is 3. The smallest absolute Gasteiger partial charge is 0.408 e. The molecule has 0 heterocycles. The van der Waals surface area contributed by atoms with E-state index in [1.165, 1.54) is 0 Å². The molecule has 7 nitrogen and oxygen atoms in total. The van der Waals surface area contributed by atoms with E-state index in [2.05, 4.69) is 23.5 Å². The summed E-state index contributed by atoms with van der Waals surface area (Å²) in [4.78, 5) is 43.0. The molecule has 0 spiro atoms. The van der Waals surface area contributed by atoms with Crippen LogP contribution in [0.2, 0.25) is 5.02 Å². The summed E-state index contributed by atoms with van der Waals surface area (Å²) in [5.41, 5.74) is 1.52. The summed E-state index contributed by atoms with van der Waals surface area (Å²) < 4.78 is 5.48. The third kappa shape index (κ3) is 9.54. The normalized spacial score (nSPS) is 13.3. The van der Waals surface area contributed by atoms with Gasteiger partial charge in [-0.05, 0) is 63.3 Å². The first-order valence-electron chi connectivity index (χ1n) is 14.3. The number of carbonyl (C=O) groups excluding carboxylic acids is 3. The average Bonchev–Trinajstić information content (AvgIpc) is 2.91. The lowest BCUT2D eigenvalue weighted by Crippen LogP contribution is -2.55. The summed E-state index contributed by atoms with van der Waals surface area (Å²) >= 11 is 6.46. The quantitative estimate of drug-likeness (QED) is 0.204. The van der Waals surface area contributed by atoms with E-state index >= 15 is 0 Å². The highest BCUT2D eigenvalue weighted by atomic mass is 35.5. The first-order valence-corrected chi connectivity index (χ1v) is 14.6. The fourth-order valence-corrected chi connectivity index (χ4v) is 4.76. The Morgan fingerprint density at radius 1 is 1.07 bits per heavy atom. The monoisotopic (exact) mass is 581 g/mol. The highest BCUT2D eigenvalue weighted by molar-refractivity contribution is 6.34. The lowest BCUT2D eigenvalue weighted by molar-refractivity contribution is -0.142. The van der Waals surface area contributed by atoms with Crippen molar-refractivity contribution >= 4 is 35.2 Å². The second-order valence-electron chi connectivity index (χ2n) is 11.3. The Labute approximate surface area is 250 Å². The molecule has 2 aromatic carbocycles. The summed E-state index contributed by atoms with van der Waals surface area (Å²) in [6.07, 6.45) is 8.22. The minimum atomic E-state index is -1.07. The van der Waals surface area contributed by atoms with Gasteiger partial charge >= 0.3 is 6.09 Å². The number of hydrogen-bond donors (Lipinski definition) is 2. The zero-order valence-electron chi connectivity index (χ0n) is 25.3. The highest BCUT2D eigenvalue weighted by Crippen LogP contribution is 2.31. The number of anilines is 1. The molecule has 0 bridgehead atoms. The van der Waals surface area contributed by atoms with Crippen molar-refractivity contribution in [2.45, 2.75) is 91.8 Å². The first kappa shape index (κ1) is 33.7. The minimum Gasteiger partial charge on any atom is -0.444 e. The van der Waals surface area contributed by atoms with E-state index in [1.807, 2.05) is 26.8 Å². The lowest BCUT2D eigenvalue weighted by atomic mass is 9.93. The number of halogens is 1. The molecule has 8 heteroatoms. The van der Waals surface area contributed by atoms with Crippen LogP contribution in [-0.2, 0) is 14.3 Å². The van der Waals surface area contributed by atoms with Gasteiger partial charge in [0.25, 0.3) is 5.91 Å². The van der Waals surface area contributed by atoms with Crippen LogP contribution >= 0.6 is 11.6 Å². The molecule has 41 heavy (non-hydrogen) atoms. The van der Waals surface area contributed by atoms with Gasteiger partial charge in [-0.25, -0.2) is 4.79 Å². The molecule has 2 rings (SSSR count). The molecular weight excluding hydrogens is 538 g/mol. The van der Waals surface area contributed by atoms with Gasteiger partial charge in [-0.15, -0.1) is 6.42 Å². The van der Waals surface area contributed by atoms with Gasteiger partial charge in [-0.3, -0.25) is 9.59 Å². The van der Waals surface area contributed by atoms with E-state index in [4.69, 9.17) is 22.8 Å². The Balaban J connectivity index is 2.67. The van der Waals surface area contributed by atoms with Crippen molar-refractivity contribution in [2.24, 2.45) is 5.92 Å². The van der Waals surface area contributed by atoms with Crippen molar-refractivity contribution in [3.05, 3.63) is 64.2 Å². The van der Waals surface area contributed by atoms with Gasteiger partial charge in [0.05, 0.1) is 10.7 Å². The van der Waals surface area contributed by atoms with Gasteiger partial charge in [0.2, 0.25) is 5.91 Å². The van der Waals surface area contributed by atoms with Crippen LogP contribution in [0, 0.1) is 25.2 Å². The van der Waals surface area contributed by atoms with E-state index < -0.39 is 29.7 Å². The van der Waals surface area contributed by atoms with Gasteiger partial charge in [0, 0.05) is 12.1 Å². The summed E-state index contributed by atoms with van der Waals surface area (Å²) in [5.74, 6) is 1.60. The van der Waals surface area contributed by atoms with E-state index in [9.17, 15) is 14.4 Å². The second-order valence-corrected chi connectivity index (χ2v) is 11.7. The third-order valence-electron chi connectivity index (χ3n) is 6.88. The Hall–Kier alpha value is -3.50. The summed E-state index contributed by atoms with van der Waals surface area (Å²) in [5, 5.41) is 6.14. The van der Waals surface area contributed by atoms with E-state index in [0.29, 0.717) is 34.7 Å². The molecule has 0 aliphatic carbocycles. The number of aryl methyl sites for hydroxylation is 1. The number of unbranched alkanes of at least 4 members (excludes halogenated alkanes) is 2. The molecule has 3 unspecified atom stereocenters. The van der Waals surface area contributed by atoms with Crippen LogP contribution in [0.15, 0.2) is 42.5 Å². The van der Waals surface area contributed by atoms with E-state index in [-0.39, 0.29) is 18.4 Å². The number of para-hydroxylation sites is 1. The topological polar surface area (TPSA) is 87.7 Å². The van der Waals surface area contributed by atoms with Crippen LogP contribution in [-0.4, -0.2) is 41.0 Å². The lowest BCUT2D eigenvalue weighted by Gasteiger charge is -2.36. The molecular formula is C33H44ClN3O4. The molecule has 0 aliphatic heterocycles. The maximum Gasteiger partial charge on any atom is 0.408 e. The van der Waals surface area contributed by atoms with Gasteiger partial charge in [-0.1, -0.05) is 87.9 Å². The number of terminal acetylenes is 1. The van der Waals surface area contributed by atoms with Crippen molar-refractivity contribution in [3.63, 3.8) is 0 Å². The van der Waals surface area contributed by atoms with E-state index in [0.717, 1.165) is 18.4 Å².